The molecule has 2 rings (SSSR count). The minimum Gasteiger partial charge on any atom is -0.382 e. The number of nitriles is 1. The van der Waals surface area contributed by atoms with Crippen molar-refractivity contribution in [2.75, 3.05) is 37.7 Å². The van der Waals surface area contributed by atoms with E-state index in [4.69, 9.17) is 17.0 Å². The number of aromatic nitrogens is 1. The van der Waals surface area contributed by atoms with Crippen LogP contribution in [0, 0.1) is 18.3 Å². The molecule has 0 aromatic carbocycles. The van der Waals surface area contributed by atoms with Crippen molar-refractivity contribution in [2.24, 2.45) is 0 Å². The number of anilines is 1. The second-order valence-corrected chi connectivity index (χ2v) is 8.63. The normalized spacial score (nSPS) is 15.1. The van der Waals surface area contributed by atoms with Crippen LogP contribution in [0.4, 0.5) is 5.82 Å². The molecule has 1 aliphatic rings. The van der Waals surface area contributed by atoms with E-state index in [1.54, 1.807) is 22.5 Å². The van der Waals surface area contributed by atoms with Crippen molar-refractivity contribution in [3.05, 3.63) is 31.9 Å². The van der Waals surface area contributed by atoms with Gasteiger partial charge in [0.05, 0.1) is 4.91 Å². The molecule has 2 heterocycles. The maximum atomic E-state index is 13.1. The highest BCUT2D eigenvalue weighted by Gasteiger charge is 2.32. The van der Waals surface area contributed by atoms with Gasteiger partial charge in [0.25, 0.3) is 11.5 Å². The van der Waals surface area contributed by atoms with Crippen LogP contribution in [0.25, 0.3) is 6.08 Å². The number of carbonyl (C=O) groups is 1. The topological polar surface area (TPSA) is 78.6 Å². The van der Waals surface area contributed by atoms with Gasteiger partial charge in [-0.05, 0) is 52.7 Å². The fourth-order valence-electron chi connectivity index (χ4n) is 3.59. The minimum absolute atomic E-state index is 0.108. The van der Waals surface area contributed by atoms with E-state index in [1.165, 1.54) is 11.8 Å². The molecule has 0 N–H and O–H groups in total. The summed E-state index contributed by atoms with van der Waals surface area (Å²) in [5, 5.41) is 9.61. The van der Waals surface area contributed by atoms with E-state index in [1.807, 2.05) is 27.7 Å². The molecule has 0 bridgehead atoms. The molecule has 1 aromatic rings. The Labute approximate surface area is 193 Å². The molecule has 0 atom stereocenters. The van der Waals surface area contributed by atoms with Crippen molar-refractivity contribution in [3.8, 4) is 6.07 Å². The van der Waals surface area contributed by atoms with Gasteiger partial charge in [-0.15, -0.1) is 0 Å². The van der Waals surface area contributed by atoms with E-state index >= 15 is 0 Å². The van der Waals surface area contributed by atoms with Crippen LogP contribution in [0.15, 0.2) is 9.70 Å². The van der Waals surface area contributed by atoms with Crippen LogP contribution in [-0.2, 0) is 16.1 Å². The molecule has 0 saturated carbocycles. The maximum absolute atomic E-state index is 13.1. The summed E-state index contributed by atoms with van der Waals surface area (Å²) in [6.07, 6.45) is 2.49. The quantitative estimate of drug-likeness (QED) is 0.299. The Bertz CT molecular complexity index is 974. The zero-order valence-corrected chi connectivity index (χ0v) is 20.5. The predicted octanol–water partition coefficient (Wildman–Crippen LogP) is 3.52. The number of amides is 1. The summed E-state index contributed by atoms with van der Waals surface area (Å²) in [6, 6.07) is 2.05. The monoisotopic (exact) mass is 462 g/mol. The molecule has 9 heteroatoms. The van der Waals surface area contributed by atoms with Gasteiger partial charge in [-0.1, -0.05) is 24.0 Å². The summed E-state index contributed by atoms with van der Waals surface area (Å²) in [5.74, 6) is 0.583. The van der Waals surface area contributed by atoms with Crippen molar-refractivity contribution >= 4 is 46.1 Å². The van der Waals surface area contributed by atoms with Crippen LogP contribution in [0.3, 0.4) is 0 Å². The second kappa shape index (κ2) is 11.5. The Morgan fingerprint density at radius 3 is 2.45 bits per heavy atom. The summed E-state index contributed by atoms with van der Waals surface area (Å²) in [5.41, 5.74) is 1.11. The zero-order chi connectivity index (χ0) is 23.1. The molecule has 0 spiro atoms. The van der Waals surface area contributed by atoms with Crippen molar-refractivity contribution in [2.45, 2.75) is 47.6 Å². The van der Waals surface area contributed by atoms with Gasteiger partial charge < -0.3 is 9.64 Å². The summed E-state index contributed by atoms with van der Waals surface area (Å²) in [4.78, 5) is 30.1. The van der Waals surface area contributed by atoms with Crippen LogP contribution in [0.1, 0.15) is 50.8 Å². The smallest absolute Gasteiger partial charge is 0.270 e. The molecule has 1 fully saturated rings. The maximum Gasteiger partial charge on any atom is 0.270 e. The van der Waals surface area contributed by atoms with Crippen LogP contribution in [0.2, 0.25) is 0 Å². The Morgan fingerprint density at radius 2 is 1.90 bits per heavy atom. The number of ether oxygens (including phenoxy) is 1. The lowest BCUT2D eigenvalue weighted by molar-refractivity contribution is -0.122. The zero-order valence-electron chi connectivity index (χ0n) is 18.9. The van der Waals surface area contributed by atoms with E-state index in [2.05, 4.69) is 11.0 Å². The lowest BCUT2D eigenvalue weighted by Crippen LogP contribution is -2.34. The van der Waals surface area contributed by atoms with Crippen LogP contribution in [-0.4, -0.2) is 52.5 Å². The molecule has 0 aliphatic carbocycles. The first-order valence-electron chi connectivity index (χ1n) is 10.6. The molecular weight excluding hydrogens is 432 g/mol. The predicted molar refractivity (Wildman–Crippen MR) is 130 cm³/mol. The molecule has 1 amide bonds. The number of hydrogen-bond acceptors (Lipinski definition) is 7. The molecule has 1 saturated heterocycles. The van der Waals surface area contributed by atoms with Crippen LogP contribution < -0.4 is 10.5 Å². The van der Waals surface area contributed by atoms with E-state index < -0.39 is 0 Å². The SMILES string of the molecule is CCOCCCN1C(=O)C(=Cc2c(C)c(C#N)c(=O)n(CC)c2N(CC)CC)SC1=S. The number of hydrogen-bond donors (Lipinski definition) is 0. The lowest BCUT2D eigenvalue weighted by atomic mass is 10.0. The van der Waals surface area contributed by atoms with Gasteiger partial charge in [0.2, 0.25) is 0 Å². The second-order valence-electron chi connectivity index (χ2n) is 6.95. The van der Waals surface area contributed by atoms with Crippen molar-refractivity contribution < 1.29 is 9.53 Å². The molecule has 168 valence electrons. The van der Waals surface area contributed by atoms with Crippen LogP contribution in [0.5, 0.6) is 0 Å². The average Bonchev–Trinajstić information content (AvgIpc) is 3.02. The van der Waals surface area contributed by atoms with Gasteiger partial charge in [-0.3, -0.25) is 19.1 Å². The van der Waals surface area contributed by atoms with Crippen molar-refractivity contribution in [1.82, 2.24) is 9.47 Å². The third-order valence-electron chi connectivity index (χ3n) is 5.25. The van der Waals surface area contributed by atoms with E-state index in [-0.39, 0.29) is 17.0 Å². The standard InChI is InChI=1S/C22H30N4O3S2/c1-6-24(7-2)19-16(15(5)17(14-23)20(27)25(19)8-3)13-18-21(28)26(22(30)31-18)11-10-12-29-9-4/h13H,6-12H2,1-5H3. The van der Waals surface area contributed by atoms with E-state index in [0.29, 0.717) is 60.6 Å². The van der Waals surface area contributed by atoms with Gasteiger partial charge >= 0.3 is 0 Å². The molecule has 31 heavy (non-hydrogen) atoms. The molecule has 1 aliphatic heterocycles. The number of carbonyl (C=O) groups excluding carboxylic acids is 1. The number of nitrogens with zero attached hydrogens (tertiary/aromatic N) is 4. The highest BCUT2D eigenvalue weighted by molar-refractivity contribution is 8.26. The summed E-state index contributed by atoms with van der Waals surface area (Å²) >= 11 is 6.69. The molecule has 1 aromatic heterocycles. The van der Waals surface area contributed by atoms with Gasteiger partial charge in [0.1, 0.15) is 21.8 Å². The van der Waals surface area contributed by atoms with E-state index in [9.17, 15) is 14.9 Å². The van der Waals surface area contributed by atoms with E-state index in [0.717, 1.165) is 11.4 Å². The Hall–Kier alpha value is -2.15. The van der Waals surface area contributed by atoms with Crippen molar-refractivity contribution in [3.63, 3.8) is 0 Å². The van der Waals surface area contributed by atoms with Gasteiger partial charge in [0.15, 0.2) is 0 Å². The third-order valence-corrected chi connectivity index (χ3v) is 6.63. The number of thioether (sulfide) groups is 1. The Kier molecular flexibility index (Phi) is 9.29. The average molecular weight is 463 g/mol. The first-order valence-corrected chi connectivity index (χ1v) is 11.8. The summed E-state index contributed by atoms with van der Waals surface area (Å²) in [7, 11) is 0. The highest BCUT2D eigenvalue weighted by atomic mass is 32.2. The fourth-order valence-corrected chi connectivity index (χ4v) is 4.88. The van der Waals surface area contributed by atoms with Crippen molar-refractivity contribution in [1.29, 1.82) is 5.26 Å². The molecular formula is C22H30N4O3S2. The van der Waals surface area contributed by atoms with Gasteiger partial charge in [-0.25, -0.2) is 0 Å². The Morgan fingerprint density at radius 1 is 1.23 bits per heavy atom. The molecule has 0 unspecified atom stereocenters. The van der Waals surface area contributed by atoms with Gasteiger partial charge in [-0.2, -0.15) is 5.26 Å². The fraction of sp³-hybridized carbons (Fsp3) is 0.545. The Balaban J connectivity index is 2.58. The molecule has 0 radical (unpaired) electrons. The number of pyridine rings is 1. The largest absolute Gasteiger partial charge is 0.382 e. The van der Waals surface area contributed by atoms with Crippen LogP contribution >= 0.6 is 24.0 Å². The minimum atomic E-state index is -0.301. The first-order chi connectivity index (χ1) is 14.9. The van der Waals surface area contributed by atoms with Gasteiger partial charge in [0, 0.05) is 45.0 Å². The third kappa shape index (κ3) is 5.20. The summed E-state index contributed by atoms with van der Waals surface area (Å²) in [6.45, 7) is 13.1. The molecule has 7 nitrogen and oxygen atoms in total. The summed E-state index contributed by atoms with van der Waals surface area (Å²) < 4.78 is 7.49. The highest BCUT2D eigenvalue weighted by Crippen LogP contribution is 2.35. The number of thiocarbonyl (C=S) groups is 1. The first kappa shape index (κ1) is 25.1. The lowest BCUT2D eigenvalue weighted by Gasteiger charge is -2.28. The number of rotatable bonds is 10.